The average molecular weight is 253 g/mol. The molecule has 1 unspecified atom stereocenters. The molecule has 0 saturated heterocycles. The number of nitriles is 1. The van der Waals surface area contributed by atoms with Crippen molar-refractivity contribution in [3.63, 3.8) is 0 Å². The number of thioether (sulfide) groups is 1. The van der Waals surface area contributed by atoms with Gasteiger partial charge in [-0.2, -0.15) is 17.0 Å². The first kappa shape index (κ1) is 14.1. The summed E-state index contributed by atoms with van der Waals surface area (Å²) >= 11 is 1.63. The number of nitrogens with zero attached hydrogens (tertiary/aromatic N) is 2. The van der Waals surface area contributed by atoms with E-state index in [1.54, 1.807) is 16.3 Å². The summed E-state index contributed by atoms with van der Waals surface area (Å²) in [4.78, 5) is 0. The predicted molar refractivity (Wildman–Crippen MR) is 70.8 cm³/mol. The molecule has 1 atom stereocenters. The minimum atomic E-state index is -0.688. The minimum Gasteiger partial charge on any atom is -0.388 e. The summed E-state index contributed by atoms with van der Waals surface area (Å²) in [5, 5.41) is 22.0. The Balaban J connectivity index is 2.43. The second-order valence-electron chi connectivity index (χ2n) is 4.49. The van der Waals surface area contributed by atoms with E-state index in [0.717, 1.165) is 5.56 Å². The third-order valence-corrected chi connectivity index (χ3v) is 3.38. The molecule has 0 saturated carbocycles. The number of aliphatic hydroxyl groups is 1. The van der Waals surface area contributed by atoms with Crippen LogP contribution in [0, 0.1) is 11.3 Å². The third kappa shape index (κ3) is 4.43. The highest BCUT2D eigenvalue weighted by Gasteiger charge is 2.18. The molecule has 0 aliphatic heterocycles. The standard InChI is InChI=1S/C12H19N3OS/c1-12(16,9-17-3)8-14-6-10-4-11(5-13)15(2)7-10/h4,7,14,16H,6,8-9H2,1-3H3. The number of hydrogen-bond acceptors (Lipinski definition) is 4. The van der Waals surface area contributed by atoms with Crippen LogP contribution < -0.4 is 5.32 Å². The zero-order valence-corrected chi connectivity index (χ0v) is 11.3. The van der Waals surface area contributed by atoms with Crippen LogP contribution >= 0.6 is 11.8 Å². The molecule has 0 aliphatic rings. The Labute approximate surface area is 107 Å². The maximum Gasteiger partial charge on any atom is 0.120 e. The van der Waals surface area contributed by atoms with Crippen molar-refractivity contribution in [1.82, 2.24) is 9.88 Å². The normalized spacial score (nSPS) is 14.3. The Bertz CT molecular complexity index is 406. The molecular formula is C12H19N3OS. The Kier molecular flexibility index (Phi) is 5.06. The molecule has 0 fully saturated rings. The molecule has 4 nitrogen and oxygen atoms in total. The van der Waals surface area contributed by atoms with Gasteiger partial charge in [0.2, 0.25) is 0 Å². The molecule has 1 rings (SSSR count). The highest BCUT2D eigenvalue weighted by Crippen LogP contribution is 2.10. The van der Waals surface area contributed by atoms with Gasteiger partial charge >= 0.3 is 0 Å². The van der Waals surface area contributed by atoms with Gasteiger partial charge in [0.25, 0.3) is 0 Å². The van der Waals surface area contributed by atoms with E-state index in [-0.39, 0.29) is 0 Å². The highest BCUT2D eigenvalue weighted by atomic mass is 32.2. The van der Waals surface area contributed by atoms with Crippen LogP contribution in [-0.4, -0.2) is 33.8 Å². The molecule has 1 heterocycles. The van der Waals surface area contributed by atoms with E-state index >= 15 is 0 Å². The maximum absolute atomic E-state index is 9.96. The minimum absolute atomic E-state index is 0.546. The topological polar surface area (TPSA) is 61.0 Å². The van der Waals surface area contributed by atoms with Crippen LogP contribution in [0.3, 0.4) is 0 Å². The van der Waals surface area contributed by atoms with E-state index in [0.29, 0.717) is 24.5 Å². The second kappa shape index (κ2) is 6.10. The van der Waals surface area contributed by atoms with Crippen LogP contribution in [0.5, 0.6) is 0 Å². The van der Waals surface area contributed by atoms with Crippen molar-refractivity contribution >= 4 is 11.8 Å². The van der Waals surface area contributed by atoms with Crippen LogP contribution in [0.15, 0.2) is 12.3 Å². The quantitative estimate of drug-likeness (QED) is 0.797. The second-order valence-corrected chi connectivity index (χ2v) is 5.36. The Hall–Kier alpha value is -0.960. The Morgan fingerprint density at radius 1 is 1.65 bits per heavy atom. The lowest BCUT2D eigenvalue weighted by molar-refractivity contribution is 0.0846. The van der Waals surface area contributed by atoms with Gasteiger partial charge in [-0.3, -0.25) is 0 Å². The first-order chi connectivity index (χ1) is 7.98. The van der Waals surface area contributed by atoms with Gasteiger partial charge in [0.1, 0.15) is 11.8 Å². The van der Waals surface area contributed by atoms with Crippen molar-refractivity contribution in [3.05, 3.63) is 23.5 Å². The summed E-state index contributed by atoms with van der Waals surface area (Å²) in [6, 6.07) is 3.98. The van der Waals surface area contributed by atoms with Crippen molar-refractivity contribution < 1.29 is 5.11 Å². The first-order valence-electron chi connectivity index (χ1n) is 5.46. The van der Waals surface area contributed by atoms with Gasteiger partial charge in [0.05, 0.1) is 5.60 Å². The molecule has 0 radical (unpaired) electrons. The average Bonchev–Trinajstić information content (AvgIpc) is 2.58. The SMILES string of the molecule is CSCC(C)(O)CNCc1cc(C#N)n(C)c1. The van der Waals surface area contributed by atoms with Crippen LogP contribution in [-0.2, 0) is 13.6 Å². The fourth-order valence-corrected chi connectivity index (χ4v) is 2.40. The van der Waals surface area contributed by atoms with Crippen molar-refractivity contribution in [3.8, 4) is 6.07 Å². The maximum atomic E-state index is 9.96. The van der Waals surface area contributed by atoms with Crippen molar-refractivity contribution in [2.75, 3.05) is 18.6 Å². The molecule has 5 heteroatoms. The van der Waals surface area contributed by atoms with Gasteiger partial charge in [0.15, 0.2) is 0 Å². The van der Waals surface area contributed by atoms with E-state index in [1.165, 1.54) is 0 Å². The lowest BCUT2D eigenvalue weighted by Crippen LogP contribution is -2.39. The Morgan fingerprint density at radius 3 is 2.88 bits per heavy atom. The van der Waals surface area contributed by atoms with E-state index in [1.807, 2.05) is 32.5 Å². The number of nitrogens with one attached hydrogen (secondary N) is 1. The number of hydrogen-bond donors (Lipinski definition) is 2. The van der Waals surface area contributed by atoms with Gasteiger partial charge in [-0.1, -0.05) is 0 Å². The molecule has 17 heavy (non-hydrogen) atoms. The summed E-state index contributed by atoms with van der Waals surface area (Å²) in [5.41, 5.74) is 1.02. The smallest absolute Gasteiger partial charge is 0.120 e. The summed E-state index contributed by atoms with van der Waals surface area (Å²) in [7, 11) is 1.85. The van der Waals surface area contributed by atoms with Crippen LogP contribution in [0.1, 0.15) is 18.2 Å². The molecule has 0 spiro atoms. The highest BCUT2D eigenvalue weighted by molar-refractivity contribution is 7.98. The van der Waals surface area contributed by atoms with Crippen molar-refractivity contribution in [1.29, 1.82) is 5.26 Å². The van der Waals surface area contributed by atoms with E-state index in [2.05, 4.69) is 11.4 Å². The van der Waals surface area contributed by atoms with E-state index < -0.39 is 5.60 Å². The van der Waals surface area contributed by atoms with E-state index in [4.69, 9.17) is 5.26 Å². The Morgan fingerprint density at radius 2 is 2.35 bits per heavy atom. The van der Waals surface area contributed by atoms with E-state index in [9.17, 15) is 5.11 Å². The zero-order valence-electron chi connectivity index (χ0n) is 10.5. The van der Waals surface area contributed by atoms with Gasteiger partial charge < -0.3 is 15.0 Å². The summed E-state index contributed by atoms with van der Waals surface area (Å²) in [6.07, 6.45) is 3.90. The van der Waals surface area contributed by atoms with Gasteiger partial charge in [-0.25, -0.2) is 0 Å². The van der Waals surface area contributed by atoms with Crippen LogP contribution in [0.2, 0.25) is 0 Å². The predicted octanol–water partition coefficient (Wildman–Crippen LogP) is 1.10. The van der Waals surface area contributed by atoms with Gasteiger partial charge in [-0.05, 0) is 24.8 Å². The zero-order chi connectivity index (χ0) is 12.9. The fraction of sp³-hybridized carbons (Fsp3) is 0.583. The number of aromatic nitrogens is 1. The lowest BCUT2D eigenvalue weighted by atomic mass is 10.1. The van der Waals surface area contributed by atoms with Gasteiger partial charge in [0, 0.05) is 32.1 Å². The number of aryl methyl sites for hydroxylation is 1. The first-order valence-corrected chi connectivity index (χ1v) is 6.85. The van der Waals surface area contributed by atoms with Crippen molar-refractivity contribution in [2.24, 2.45) is 7.05 Å². The molecular weight excluding hydrogens is 234 g/mol. The monoisotopic (exact) mass is 253 g/mol. The molecule has 1 aromatic rings. The molecule has 94 valence electrons. The molecule has 0 bridgehead atoms. The summed E-state index contributed by atoms with van der Waals surface area (Å²) in [6.45, 7) is 3.03. The van der Waals surface area contributed by atoms with Crippen molar-refractivity contribution in [2.45, 2.75) is 19.1 Å². The lowest BCUT2D eigenvalue weighted by Gasteiger charge is -2.22. The summed E-state index contributed by atoms with van der Waals surface area (Å²) < 4.78 is 1.80. The molecule has 0 aliphatic carbocycles. The largest absolute Gasteiger partial charge is 0.388 e. The molecule has 0 aromatic carbocycles. The number of rotatable bonds is 6. The van der Waals surface area contributed by atoms with Gasteiger partial charge in [-0.15, -0.1) is 0 Å². The van der Waals surface area contributed by atoms with Crippen LogP contribution in [0.4, 0.5) is 0 Å². The third-order valence-electron chi connectivity index (χ3n) is 2.47. The molecule has 1 aromatic heterocycles. The fourth-order valence-electron chi connectivity index (χ4n) is 1.68. The summed E-state index contributed by atoms with van der Waals surface area (Å²) in [5.74, 6) is 0.707. The van der Waals surface area contributed by atoms with Crippen LogP contribution in [0.25, 0.3) is 0 Å². The molecule has 0 amide bonds. The molecule has 2 N–H and O–H groups in total.